The molecule has 19 heavy (non-hydrogen) atoms. The van der Waals surface area contributed by atoms with Crippen molar-refractivity contribution < 1.29 is 5.11 Å². The molecule has 0 aliphatic rings. The summed E-state index contributed by atoms with van der Waals surface area (Å²) in [5, 5.41) is 9.64. The molecule has 100 valence electrons. The Morgan fingerprint density at radius 1 is 1.00 bits per heavy atom. The number of hydrogen-bond acceptors (Lipinski definition) is 3. The molecule has 0 bridgehead atoms. The zero-order valence-corrected chi connectivity index (χ0v) is 12.1. The minimum atomic E-state index is 0.0893. The molecule has 0 aromatic heterocycles. The maximum absolute atomic E-state index is 9.55. The van der Waals surface area contributed by atoms with Gasteiger partial charge in [-0.3, -0.25) is 0 Å². The van der Waals surface area contributed by atoms with Crippen LogP contribution >= 0.6 is 11.8 Å². The lowest BCUT2D eigenvalue weighted by molar-refractivity contribution is 0.296. The minimum absolute atomic E-state index is 0.0893. The number of rotatable bonds is 5. The smallest absolute Gasteiger partial charge is 0.0594 e. The van der Waals surface area contributed by atoms with Gasteiger partial charge in [-0.05, 0) is 29.8 Å². The van der Waals surface area contributed by atoms with Gasteiger partial charge in [-0.25, -0.2) is 0 Å². The quantitative estimate of drug-likeness (QED) is 0.842. The number of aliphatic hydroxyl groups excluding tert-OH is 1. The van der Waals surface area contributed by atoms with Crippen molar-refractivity contribution in [3.8, 4) is 0 Å². The van der Waals surface area contributed by atoms with Gasteiger partial charge in [0.15, 0.2) is 0 Å². The first-order valence-electron chi connectivity index (χ1n) is 6.30. The fourth-order valence-electron chi connectivity index (χ4n) is 1.87. The third-order valence-corrected chi connectivity index (χ3v) is 4.22. The van der Waals surface area contributed by atoms with E-state index in [1.165, 1.54) is 10.6 Å². The van der Waals surface area contributed by atoms with Crippen LogP contribution in [0, 0.1) is 0 Å². The van der Waals surface area contributed by atoms with E-state index in [2.05, 4.69) is 41.3 Å². The molecular formula is C16H19NOS. The lowest BCUT2D eigenvalue weighted by Gasteiger charge is -2.16. The van der Waals surface area contributed by atoms with Gasteiger partial charge in [-0.15, -0.1) is 11.8 Å². The molecule has 0 aliphatic heterocycles. The molecule has 1 unspecified atom stereocenters. The Bertz CT molecular complexity index is 496. The highest BCUT2D eigenvalue weighted by atomic mass is 32.2. The first-order valence-corrected chi connectivity index (χ1v) is 7.18. The molecule has 0 aliphatic carbocycles. The molecule has 0 heterocycles. The highest BCUT2D eigenvalue weighted by Gasteiger charge is 2.11. The van der Waals surface area contributed by atoms with Crippen molar-refractivity contribution in [1.82, 2.24) is 0 Å². The van der Waals surface area contributed by atoms with Gasteiger partial charge in [0.1, 0.15) is 0 Å². The third-order valence-electron chi connectivity index (χ3n) is 2.97. The molecule has 0 amide bonds. The van der Waals surface area contributed by atoms with Crippen LogP contribution in [0.1, 0.15) is 10.8 Å². The zero-order valence-electron chi connectivity index (χ0n) is 11.3. The van der Waals surface area contributed by atoms with E-state index in [-0.39, 0.29) is 11.9 Å². The highest BCUT2D eigenvalue weighted by molar-refractivity contribution is 7.99. The maximum atomic E-state index is 9.55. The highest BCUT2D eigenvalue weighted by Crippen LogP contribution is 2.35. The Balaban J connectivity index is 2.10. The second kappa shape index (κ2) is 6.64. The fourth-order valence-corrected chi connectivity index (χ4v) is 2.86. The lowest BCUT2D eigenvalue weighted by atomic mass is 10.2. The Morgan fingerprint density at radius 2 is 1.63 bits per heavy atom. The third kappa shape index (κ3) is 3.75. The van der Waals surface area contributed by atoms with Gasteiger partial charge in [-0.2, -0.15) is 0 Å². The molecule has 0 saturated heterocycles. The molecule has 2 rings (SSSR count). The topological polar surface area (TPSA) is 23.5 Å². The second-order valence-electron chi connectivity index (χ2n) is 4.59. The van der Waals surface area contributed by atoms with E-state index >= 15 is 0 Å². The Kier molecular flexibility index (Phi) is 4.88. The summed E-state index contributed by atoms with van der Waals surface area (Å²) in [4.78, 5) is 3.25. The van der Waals surface area contributed by atoms with E-state index in [0.717, 1.165) is 5.56 Å². The fraction of sp³-hybridized carbons (Fsp3) is 0.250. The second-order valence-corrected chi connectivity index (χ2v) is 5.86. The number of nitrogens with zero attached hydrogens (tertiary/aromatic N) is 1. The largest absolute Gasteiger partial charge is 0.395 e. The van der Waals surface area contributed by atoms with Crippen molar-refractivity contribution in [2.75, 3.05) is 25.6 Å². The normalized spacial score (nSPS) is 12.2. The van der Waals surface area contributed by atoms with Crippen molar-refractivity contribution in [2.45, 2.75) is 10.1 Å². The Labute approximate surface area is 119 Å². The van der Waals surface area contributed by atoms with Crippen LogP contribution in [0.2, 0.25) is 0 Å². The summed E-state index contributed by atoms with van der Waals surface area (Å²) in [6, 6.07) is 18.5. The van der Waals surface area contributed by atoms with Gasteiger partial charge in [-0.1, -0.05) is 30.3 Å². The first kappa shape index (κ1) is 14.0. The van der Waals surface area contributed by atoms with Crippen LogP contribution in [0.4, 0.5) is 5.69 Å². The van der Waals surface area contributed by atoms with Crippen LogP contribution < -0.4 is 4.90 Å². The average molecular weight is 273 g/mol. The van der Waals surface area contributed by atoms with Crippen molar-refractivity contribution in [2.24, 2.45) is 0 Å². The zero-order chi connectivity index (χ0) is 13.7. The number of hydrogen-bond donors (Lipinski definition) is 1. The maximum Gasteiger partial charge on any atom is 0.0594 e. The molecule has 2 aromatic carbocycles. The summed E-state index contributed by atoms with van der Waals surface area (Å²) in [5.74, 6) is 0. The molecule has 3 heteroatoms. The van der Waals surface area contributed by atoms with Gasteiger partial charge >= 0.3 is 0 Å². The van der Waals surface area contributed by atoms with Gasteiger partial charge in [0.2, 0.25) is 0 Å². The first-order chi connectivity index (χ1) is 9.20. The van der Waals surface area contributed by atoms with E-state index in [1.807, 2.05) is 32.3 Å². The van der Waals surface area contributed by atoms with Crippen molar-refractivity contribution in [1.29, 1.82) is 0 Å². The van der Waals surface area contributed by atoms with Gasteiger partial charge in [0.25, 0.3) is 0 Å². The number of anilines is 1. The summed E-state index contributed by atoms with van der Waals surface area (Å²) in [7, 11) is 4.06. The van der Waals surface area contributed by atoms with Gasteiger partial charge in [0, 0.05) is 24.7 Å². The number of thioether (sulfide) groups is 1. The number of aliphatic hydroxyl groups is 1. The standard InChI is InChI=1S/C16H19NOS/c1-17(2)14-8-10-15(11-9-14)19-16(12-18)13-6-4-3-5-7-13/h3-11,16,18H,12H2,1-2H3. The molecular weight excluding hydrogens is 254 g/mol. The summed E-state index contributed by atoms with van der Waals surface area (Å²) >= 11 is 1.69. The molecule has 0 radical (unpaired) electrons. The molecule has 0 saturated carbocycles. The van der Waals surface area contributed by atoms with Crippen LogP contribution in [0.3, 0.4) is 0 Å². The van der Waals surface area contributed by atoms with E-state index in [0.29, 0.717) is 0 Å². The van der Waals surface area contributed by atoms with Crippen molar-refractivity contribution in [3.63, 3.8) is 0 Å². The van der Waals surface area contributed by atoms with E-state index in [9.17, 15) is 5.11 Å². The monoisotopic (exact) mass is 273 g/mol. The van der Waals surface area contributed by atoms with Crippen LogP contribution in [0.5, 0.6) is 0 Å². The predicted molar refractivity (Wildman–Crippen MR) is 82.9 cm³/mol. The van der Waals surface area contributed by atoms with Crippen LogP contribution in [-0.4, -0.2) is 25.8 Å². The van der Waals surface area contributed by atoms with Crippen LogP contribution in [0.25, 0.3) is 0 Å². The van der Waals surface area contributed by atoms with Crippen molar-refractivity contribution in [3.05, 3.63) is 60.2 Å². The predicted octanol–water partition coefficient (Wildman–Crippen LogP) is 3.58. The Morgan fingerprint density at radius 3 is 2.16 bits per heavy atom. The Hall–Kier alpha value is -1.45. The molecule has 0 spiro atoms. The molecule has 1 N–H and O–H groups in total. The summed E-state index contributed by atoms with van der Waals surface area (Å²) in [5.41, 5.74) is 2.34. The lowest BCUT2D eigenvalue weighted by Crippen LogP contribution is -2.08. The van der Waals surface area contributed by atoms with Crippen LogP contribution in [-0.2, 0) is 0 Å². The summed E-state index contributed by atoms with van der Waals surface area (Å²) < 4.78 is 0. The van der Waals surface area contributed by atoms with E-state index in [4.69, 9.17) is 0 Å². The molecule has 1 atom stereocenters. The van der Waals surface area contributed by atoms with E-state index in [1.54, 1.807) is 11.8 Å². The SMILES string of the molecule is CN(C)c1ccc(SC(CO)c2ccccc2)cc1. The van der Waals surface area contributed by atoms with Gasteiger partial charge in [0.05, 0.1) is 11.9 Å². The van der Waals surface area contributed by atoms with Crippen molar-refractivity contribution >= 4 is 17.4 Å². The van der Waals surface area contributed by atoms with E-state index < -0.39 is 0 Å². The molecule has 2 nitrogen and oxygen atoms in total. The van der Waals surface area contributed by atoms with Gasteiger partial charge < -0.3 is 10.0 Å². The minimum Gasteiger partial charge on any atom is -0.395 e. The summed E-state index contributed by atoms with van der Waals surface area (Å²) in [6.45, 7) is 0.143. The average Bonchev–Trinajstić information content (AvgIpc) is 2.46. The number of benzene rings is 2. The summed E-state index contributed by atoms with van der Waals surface area (Å²) in [6.07, 6.45) is 0. The molecule has 0 fully saturated rings. The molecule has 2 aromatic rings. The van der Waals surface area contributed by atoms with Crippen LogP contribution in [0.15, 0.2) is 59.5 Å².